The molecule has 0 N–H and O–H groups in total. The molecular weight excluding hydrogens is 198 g/mol. The molecule has 1 aromatic heterocycles. The molecule has 73 valence electrons. The Hall–Kier alpha value is -2.65. The molecule has 0 saturated carbocycles. The third-order valence-corrected chi connectivity index (χ3v) is 2.21. The van der Waals surface area contributed by atoms with E-state index in [-0.39, 0.29) is 0 Å². The van der Waals surface area contributed by atoms with Gasteiger partial charge in [-0.25, -0.2) is 0 Å². The topological polar surface area (TPSA) is 60.5 Å². The highest BCUT2D eigenvalue weighted by Gasteiger charge is 2.08. The number of aromatic nitrogens is 1. The van der Waals surface area contributed by atoms with Crippen LogP contribution < -0.4 is 0 Å². The molecular formula is C13H6N3. The molecule has 0 spiro atoms. The van der Waals surface area contributed by atoms with Crippen molar-refractivity contribution in [2.75, 3.05) is 0 Å². The molecule has 0 fully saturated rings. The van der Waals surface area contributed by atoms with Gasteiger partial charge in [0.1, 0.15) is 12.1 Å². The first-order chi connectivity index (χ1) is 7.86. The van der Waals surface area contributed by atoms with Crippen LogP contribution in [0.5, 0.6) is 0 Å². The van der Waals surface area contributed by atoms with Gasteiger partial charge in [0.05, 0.1) is 11.1 Å². The Bertz CT molecular complexity index is 589. The molecule has 0 amide bonds. The second-order valence-corrected chi connectivity index (χ2v) is 3.13. The normalized spacial score (nSPS) is 9.12. The molecule has 0 saturated heterocycles. The van der Waals surface area contributed by atoms with Gasteiger partial charge in [-0.05, 0) is 12.1 Å². The van der Waals surface area contributed by atoms with Gasteiger partial charge in [-0.2, -0.15) is 10.5 Å². The average molecular weight is 204 g/mol. The lowest BCUT2D eigenvalue weighted by Crippen LogP contribution is -1.89. The summed E-state index contributed by atoms with van der Waals surface area (Å²) in [6.45, 7) is 0. The number of nitriles is 2. The zero-order valence-corrected chi connectivity index (χ0v) is 8.31. The van der Waals surface area contributed by atoms with Gasteiger partial charge in [0.2, 0.25) is 0 Å². The fourth-order valence-corrected chi connectivity index (χ4v) is 1.48. The summed E-state index contributed by atoms with van der Waals surface area (Å²) in [4.78, 5) is 3.94. The summed E-state index contributed by atoms with van der Waals surface area (Å²) in [7, 11) is 0. The van der Waals surface area contributed by atoms with E-state index in [2.05, 4.69) is 11.1 Å². The minimum atomic E-state index is 0.379. The predicted molar refractivity (Wildman–Crippen MR) is 57.9 cm³/mol. The van der Waals surface area contributed by atoms with Crippen molar-refractivity contribution in [1.29, 1.82) is 10.5 Å². The maximum absolute atomic E-state index is 9.06. The van der Waals surface area contributed by atoms with Crippen LogP contribution in [0.3, 0.4) is 0 Å². The Morgan fingerprint density at radius 2 is 2.06 bits per heavy atom. The van der Waals surface area contributed by atoms with Crippen LogP contribution in [0.2, 0.25) is 0 Å². The van der Waals surface area contributed by atoms with Crippen molar-refractivity contribution in [1.82, 2.24) is 4.98 Å². The minimum absolute atomic E-state index is 0.379. The van der Waals surface area contributed by atoms with Crippen LogP contribution in [0.15, 0.2) is 36.7 Å². The molecule has 1 aromatic carbocycles. The third kappa shape index (κ3) is 1.63. The van der Waals surface area contributed by atoms with E-state index in [1.54, 1.807) is 36.7 Å². The lowest BCUT2D eigenvalue weighted by atomic mass is 9.98. The first kappa shape index (κ1) is 9.89. The Morgan fingerprint density at radius 3 is 2.69 bits per heavy atom. The molecule has 0 unspecified atom stereocenters. The van der Waals surface area contributed by atoms with Crippen molar-refractivity contribution in [3.05, 3.63) is 53.9 Å². The maximum Gasteiger partial charge on any atom is 0.101 e. The summed E-state index contributed by atoms with van der Waals surface area (Å²) >= 11 is 0. The Morgan fingerprint density at radius 1 is 1.19 bits per heavy atom. The van der Waals surface area contributed by atoms with E-state index in [0.717, 1.165) is 5.56 Å². The van der Waals surface area contributed by atoms with Crippen LogP contribution in [-0.2, 0) is 0 Å². The monoisotopic (exact) mass is 204 g/mol. The molecule has 0 aliphatic heterocycles. The van der Waals surface area contributed by atoms with E-state index < -0.39 is 0 Å². The van der Waals surface area contributed by atoms with Crippen LogP contribution in [0.4, 0.5) is 0 Å². The molecule has 0 bridgehead atoms. The molecule has 2 aromatic rings. The molecule has 0 atom stereocenters. The molecule has 1 heterocycles. The number of pyridine rings is 1. The van der Waals surface area contributed by atoms with E-state index in [1.165, 1.54) is 0 Å². The van der Waals surface area contributed by atoms with E-state index in [1.807, 2.05) is 12.1 Å². The van der Waals surface area contributed by atoms with Gasteiger partial charge >= 0.3 is 0 Å². The second kappa shape index (κ2) is 4.25. The second-order valence-electron chi connectivity index (χ2n) is 3.13. The summed E-state index contributed by atoms with van der Waals surface area (Å²) in [5.41, 5.74) is 2.26. The lowest BCUT2D eigenvalue weighted by Gasteiger charge is -2.04. The zero-order chi connectivity index (χ0) is 11.4. The Balaban J connectivity index is 2.69. The van der Waals surface area contributed by atoms with Gasteiger partial charge in [-0.15, -0.1) is 0 Å². The fourth-order valence-electron chi connectivity index (χ4n) is 1.48. The summed E-state index contributed by atoms with van der Waals surface area (Å²) < 4.78 is 0. The maximum atomic E-state index is 9.06. The summed E-state index contributed by atoms with van der Waals surface area (Å²) in [5, 5.41) is 18.0. The van der Waals surface area contributed by atoms with E-state index in [9.17, 15) is 0 Å². The molecule has 16 heavy (non-hydrogen) atoms. The average Bonchev–Trinajstić information content (AvgIpc) is 2.38. The van der Waals surface area contributed by atoms with Gasteiger partial charge in [0, 0.05) is 29.6 Å². The first-order valence-electron chi connectivity index (χ1n) is 4.61. The van der Waals surface area contributed by atoms with Crippen LogP contribution in [0.25, 0.3) is 11.1 Å². The Kier molecular flexibility index (Phi) is 2.63. The number of hydrogen-bond acceptors (Lipinski definition) is 3. The van der Waals surface area contributed by atoms with Gasteiger partial charge in [0.15, 0.2) is 0 Å². The van der Waals surface area contributed by atoms with Crippen molar-refractivity contribution in [3.63, 3.8) is 0 Å². The van der Waals surface area contributed by atoms with Crippen molar-refractivity contribution in [3.8, 4) is 23.3 Å². The van der Waals surface area contributed by atoms with Crippen LogP contribution >= 0.6 is 0 Å². The molecule has 3 heteroatoms. The zero-order valence-electron chi connectivity index (χ0n) is 8.31. The summed E-state index contributed by atoms with van der Waals surface area (Å²) in [6.07, 6.45) is 3.19. The number of benzene rings is 1. The van der Waals surface area contributed by atoms with Crippen LogP contribution in [-0.4, -0.2) is 4.98 Å². The van der Waals surface area contributed by atoms with Crippen LogP contribution in [0, 0.1) is 28.7 Å². The highest BCUT2D eigenvalue weighted by atomic mass is 14.6. The smallest absolute Gasteiger partial charge is 0.101 e. The van der Waals surface area contributed by atoms with E-state index >= 15 is 0 Å². The first-order valence-corrected chi connectivity index (χ1v) is 4.61. The lowest BCUT2D eigenvalue weighted by molar-refractivity contribution is 1.32. The van der Waals surface area contributed by atoms with Gasteiger partial charge in [-0.1, -0.05) is 12.1 Å². The van der Waals surface area contributed by atoms with Gasteiger partial charge < -0.3 is 0 Å². The van der Waals surface area contributed by atoms with Crippen molar-refractivity contribution in [2.24, 2.45) is 0 Å². The van der Waals surface area contributed by atoms with E-state index in [0.29, 0.717) is 16.7 Å². The highest BCUT2D eigenvalue weighted by molar-refractivity contribution is 5.72. The number of hydrogen-bond donors (Lipinski definition) is 0. The molecule has 2 rings (SSSR count). The fraction of sp³-hybridized carbons (Fsp3) is 0. The molecule has 0 aliphatic carbocycles. The predicted octanol–water partition coefficient (Wildman–Crippen LogP) is 2.29. The Labute approximate surface area is 93.2 Å². The van der Waals surface area contributed by atoms with Crippen molar-refractivity contribution >= 4 is 0 Å². The van der Waals surface area contributed by atoms with Crippen molar-refractivity contribution in [2.45, 2.75) is 0 Å². The standard InChI is InChI=1S/C13H6N3/c14-7-10-3-1-5-12(13(10)8-15)11-4-2-6-16-9-11/h1,3-6,9H. The van der Waals surface area contributed by atoms with Crippen molar-refractivity contribution < 1.29 is 0 Å². The quantitative estimate of drug-likeness (QED) is 0.716. The SMILES string of the molecule is N#Cc1cccc(-c2c[c]cnc2)c1C#N. The third-order valence-electron chi connectivity index (χ3n) is 2.21. The largest absolute Gasteiger partial charge is 0.263 e. The van der Waals surface area contributed by atoms with Gasteiger partial charge in [-0.3, -0.25) is 4.98 Å². The van der Waals surface area contributed by atoms with Gasteiger partial charge in [0.25, 0.3) is 0 Å². The highest BCUT2D eigenvalue weighted by Crippen LogP contribution is 2.24. The summed E-state index contributed by atoms with van der Waals surface area (Å²) in [6, 6.07) is 13.8. The van der Waals surface area contributed by atoms with E-state index in [4.69, 9.17) is 10.5 Å². The minimum Gasteiger partial charge on any atom is -0.263 e. The number of nitrogens with zero attached hydrogens (tertiary/aromatic N) is 3. The molecule has 3 nitrogen and oxygen atoms in total. The summed E-state index contributed by atoms with van der Waals surface area (Å²) in [5.74, 6) is 0. The van der Waals surface area contributed by atoms with Crippen LogP contribution in [0.1, 0.15) is 11.1 Å². The molecule has 1 radical (unpaired) electrons. The molecule has 0 aliphatic rings. The number of rotatable bonds is 1.